The van der Waals surface area contributed by atoms with Gasteiger partial charge < -0.3 is 0 Å². The molecular weight excluding hydrogens is 388 g/mol. The number of aromatic nitrogens is 2. The van der Waals surface area contributed by atoms with Gasteiger partial charge in [0.2, 0.25) is 0 Å². The van der Waals surface area contributed by atoms with Gasteiger partial charge in [-0.2, -0.15) is 0 Å². The Hall–Kier alpha value is 0.620. The minimum absolute atomic E-state index is 0. The molecule has 0 unspecified atom stereocenters. The zero-order chi connectivity index (χ0) is 6.15. The molecule has 0 atom stereocenters. The predicted molar refractivity (Wildman–Crippen MR) is 32.7 cm³/mol. The molecule has 1 rings (SSSR count). The molecule has 54 valence electrons. The molecule has 0 bridgehead atoms. The van der Waals surface area contributed by atoms with Gasteiger partial charge in [0.05, 0.1) is 0 Å². The molecule has 0 N–H and O–H groups in total. The summed E-state index contributed by atoms with van der Waals surface area (Å²) in [7, 11) is 1.62. The molecule has 2 radical (unpaired) electrons. The summed E-state index contributed by atoms with van der Waals surface area (Å²) in [6.07, 6.45) is 0. The molecule has 3 nitrogen and oxygen atoms in total. The fraction of sp³-hybridized carbons (Fsp3) is 0.333. The standard InChI is InChI=1S/C3H3N2OSSe.Au/c1-5-3(6)7-2(8)4-5;/h1H3;. The van der Waals surface area contributed by atoms with Gasteiger partial charge in [-0.15, -0.1) is 0 Å². The molecule has 0 aliphatic carbocycles. The van der Waals surface area contributed by atoms with Crippen molar-refractivity contribution in [2.24, 2.45) is 7.05 Å². The number of rotatable bonds is 0. The summed E-state index contributed by atoms with van der Waals surface area (Å²) in [5.41, 5.74) is 0. The van der Waals surface area contributed by atoms with Crippen LogP contribution in [0, 0.1) is 0 Å². The molecule has 0 aliphatic rings. The van der Waals surface area contributed by atoms with E-state index in [-0.39, 0.29) is 27.3 Å². The van der Waals surface area contributed by atoms with Gasteiger partial charge in [0, 0.05) is 22.4 Å². The van der Waals surface area contributed by atoms with E-state index in [0.717, 1.165) is 11.3 Å². The third-order valence-corrected chi connectivity index (χ3v) is 2.06. The Morgan fingerprint density at radius 3 is 2.44 bits per heavy atom. The quantitative estimate of drug-likeness (QED) is 0.512. The summed E-state index contributed by atoms with van der Waals surface area (Å²) >= 11 is 3.76. The maximum absolute atomic E-state index is 10.5. The van der Waals surface area contributed by atoms with Crippen LogP contribution in [0.4, 0.5) is 0 Å². The summed E-state index contributed by atoms with van der Waals surface area (Å²) < 4.78 is 1.99. The molecule has 0 saturated carbocycles. The second-order valence-electron chi connectivity index (χ2n) is 1.26. The van der Waals surface area contributed by atoms with Gasteiger partial charge >= 0.3 is 57.8 Å². The molecule has 0 aromatic carbocycles. The molecule has 1 heterocycles. The van der Waals surface area contributed by atoms with Crippen LogP contribution in [0.15, 0.2) is 4.79 Å². The smallest absolute Gasteiger partial charge is 0 e. The van der Waals surface area contributed by atoms with Gasteiger partial charge in [-0.25, -0.2) is 0 Å². The van der Waals surface area contributed by atoms with Crippen LogP contribution in [0.25, 0.3) is 0 Å². The van der Waals surface area contributed by atoms with Crippen molar-refractivity contribution in [3.05, 3.63) is 9.67 Å². The first-order chi connectivity index (χ1) is 3.70. The second kappa shape index (κ2) is 3.71. The normalized spacial score (nSPS) is 8.56. The molecule has 0 spiro atoms. The molecule has 0 amide bonds. The van der Waals surface area contributed by atoms with E-state index in [4.69, 9.17) is 0 Å². The molecule has 1 aromatic rings. The monoisotopic (exact) mass is 392 g/mol. The van der Waals surface area contributed by atoms with Gasteiger partial charge in [0.1, 0.15) is 0 Å². The molecular formula is C3H3AuN2OSSe. The van der Waals surface area contributed by atoms with Gasteiger partial charge in [-0.3, -0.25) is 0 Å². The molecule has 0 fully saturated rings. The first-order valence-electron chi connectivity index (χ1n) is 1.91. The first-order valence-corrected chi connectivity index (χ1v) is 3.58. The Labute approximate surface area is 79.8 Å². The van der Waals surface area contributed by atoms with Crippen LogP contribution in [-0.4, -0.2) is 25.8 Å². The van der Waals surface area contributed by atoms with Crippen LogP contribution in [0.2, 0.25) is 0 Å². The van der Waals surface area contributed by atoms with Crippen LogP contribution in [0.1, 0.15) is 0 Å². The van der Waals surface area contributed by atoms with Crippen LogP contribution in [-0.2, 0) is 29.4 Å². The van der Waals surface area contributed by atoms with E-state index in [1.54, 1.807) is 7.05 Å². The summed E-state index contributed by atoms with van der Waals surface area (Å²) in [6, 6.07) is 0. The van der Waals surface area contributed by atoms with Crippen LogP contribution >= 0.6 is 11.3 Å². The summed E-state index contributed by atoms with van der Waals surface area (Å²) in [4.78, 5) is 10.5. The van der Waals surface area contributed by atoms with Crippen LogP contribution in [0.5, 0.6) is 0 Å². The predicted octanol–water partition coefficient (Wildman–Crippen LogP) is -1.37. The van der Waals surface area contributed by atoms with Crippen molar-refractivity contribution >= 4 is 31.3 Å². The topological polar surface area (TPSA) is 34.9 Å². The molecule has 6 heteroatoms. The van der Waals surface area contributed by atoms with Crippen LogP contribution in [0.3, 0.4) is 0 Å². The van der Waals surface area contributed by atoms with E-state index in [1.165, 1.54) is 4.68 Å². The Morgan fingerprint density at radius 2 is 2.33 bits per heavy atom. The van der Waals surface area contributed by atoms with Gasteiger partial charge in [0.25, 0.3) is 0 Å². The van der Waals surface area contributed by atoms with Gasteiger partial charge in [-0.1, -0.05) is 0 Å². The van der Waals surface area contributed by atoms with Crippen molar-refractivity contribution in [1.82, 2.24) is 9.78 Å². The number of aryl methyl sites for hydroxylation is 1. The summed E-state index contributed by atoms with van der Waals surface area (Å²) in [5, 5.41) is 3.78. The first kappa shape index (κ1) is 9.62. The summed E-state index contributed by atoms with van der Waals surface area (Å²) in [5.74, 6) is 0. The SMILES string of the molecule is Cn1nc([Se])sc1=O.[Au]. The van der Waals surface area contributed by atoms with E-state index in [1.807, 2.05) is 0 Å². The zero-order valence-corrected chi connectivity index (χ0v) is 9.12. The number of nitrogens with zero attached hydrogens (tertiary/aromatic N) is 2. The third kappa shape index (κ3) is 2.37. The molecule has 1 aromatic heterocycles. The molecule has 0 aliphatic heterocycles. The van der Waals surface area contributed by atoms with Gasteiger partial charge in [0.15, 0.2) is 0 Å². The molecule has 0 saturated heterocycles. The van der Waals surface area contributed by atoms with E-state index in [0.29, 0.717) is 3.91 Å². The fourth-order valence-electron chi connectivity index (χ4n) is 0.324. The van der Waals surface area contributed by atoms with E-state index in [2.05, 4.69) is 21.1 Å². The molecule has 9 heavy (non-hydrogen) atoms. The van der Waals surface area contributed by atoms with Gasteiger partial charge in [-0.05, 0) is 0 Å². The minimum atomic E-state index is -0.0289. The van der Waals surface area contributed by atoms with Crippen molar-refractivity contribution in [1.29, 1.82) is 0 Å². The van der Waals surface area contributed by atoms with E-state index >= 15 is 0 Å². The van der Waals surface area contributed by atoms with Crippen molar-refractivity contribution in [2.45, 2.75) is 0 Å². The number of hydrogen-bond acceptors (Lipinski definition) is 3. The van der Waals surface area contributed by atoms with E-state index < -0.39 is 0 Å². The second-order valence-corrected chi connectivity index (χ2v) is 3.59. The van der Waals surface area contributed by atoms with Crippen LogP contribution < -0.4 is 8.78 Å². The average molecular weight is 391 g/mol. The zero-order valence-electron chi connectivity index (χ0n) is 4.42. The Morgan fingerprint density at radius 1 is 1.78 bits per heavy atom. The van der Waals surface area contributed by atoms with E-state index in [9.17, 15) is 4.79 Å². The fourth-order valence-corrected chi connectivity index (χ4v) is 1.52. The minimum Gasteiger partial charge on any atom is 0 e. The maximum Gasteiger partial charge on any atom is 0 e. The van der Waals surface area contributed by atoms with Crippen molar-refractivity contribution in [3.63, 3.8) is 0 Å². The van der Waals surface area contributed by atoms with Crippen molar-refractivity contribution < 1.29 is 22.4 Å². The Balaban J connectivity index is 0.000000640. The van der Waals surface area contributed by atoms with Crippen molar-refractivity contribution in [2.75, 3.05) is 0 Å². The Bertz CT molecular complexity index is 244. The maximum atomic E-state index is 10.5. The summed E-state index contributed by atoms with van der Waals surface area (Å²) in [6.45, 7) is 0. The largest absolute Gasteiger partial charge is 0 e. The number of hydrogen-bond donors (Lipinski definition) is 0. The Kier molecular flexibility index (Phi) is 3.96. The third-order valence-electron chi connectivity index (χ3n) is 0.670. The van der Waals surface area contributed by atoms with Crippen molar-refractivity contribution in [3.8, 4) is 0 Å². The average Bonchev–Trinajstić information content (AvgIpc) is 1.85.